The molecule has 0 fully saturated rings. The predicted molar refractivity (Wildman–Crippen MR) is 63.6 cm³/mol. The quantitative estimate of drug-likeness (QED) is 0.925. The van der Waals surface area contributed by atoms with Crippen molar-refractivity contribution in [3.8, 4) is 0 Å². The Labute approximate surface area is 97.0 Å². The van der Waals surface area contributed by atoms with Crippen molar-refractivity contribution in [1.82, 2.24) is 9.78 Å². The van der Waals surface area contributed by atoms with Crippen LogP contribution in [-0.4, -0.2) is 16.3 Å². The lowest BCUT2D eigenvalue weighted by Gasteiger charge is -2.15. The SMILES string of the molecule is NCC(c1ccccc1)n1cc(Br)cn1. The van der Waals surface area contributed by atoms with Crippen molar-refractivity contribution in [3.63, 3.8) is 0 Å². The van der Waals surface area contributed by atoms with E-state index in [0.29, 0.717) is 6.54 Å². The number of hydrogen-bond donors (Lipinski definition) is 1. The van der Waals surface area contributed by atoms with Crippen LogP contribution in [0, 0.1) is 0 Å². The Balaban J connectivity index is 2.33. The summed E-state index contributed by atoms with van der Waals surface area (Å²) in [6.45, 7) is 0.540. The number of nitrogens with two attached hydrogens (primary N) is 1. The summed E-state index contributed by atoms with van der Waals surface area (Å²) in [5.74, 6) is 0. The van der Waals surface area contributed by atoms with Crippen LogP contribution in [0.1, 0.15) is 11.6 Å². The molecule has 2 N–H and O–H groups in total. The van der Waals surface area contributed by atoms with Gasteiger partial charge in [-0.1, -0.05) is 30.3 Å². The van der Waals surface area contributed by atoms with Crippen LogP contribution in [0.4, 0.5) is 0 Å². The number of aromatic nitrogens is 2. The standard InChI is InChI=1S/C11H12BrN3/c12-10-7-14-15(8-10)11(6-13)9-4-2-1-3-5-9/h1-5,7-8,11H,6,13H2. The Morgan fingerprint density at radius 1 is 1.33 bits per heavy atom. The van der Waals surface area contributed by atoms with Crippen molar-refractivity contribution >= 4 is 15.9 Å². The van der Waals surface area contributed by atoms with Crippen molar-refractivity contribution in [1.29, 1.82) is 0 Å². The lowest BCUT2D eigenvalue weighted by molar-refractivity contribution is 0.532. The fourth-order valence-electron chi connectivity index (χ4n) is 1.56. The third-order valence-corrected chi connectivity index (χ3v) is 2.71. The Hall–Kier alpha value is -1.13. The molecule has 0 bridgehead atoms. The van der Waals surface area contributed by atoms with E-state index in [-0.39, 0.29) is 6.04 Å². The van der Waals surface area contributed by atoms with E-state index in [4.69, 9.17) is 5.73 Å². The molecule has 1 heterocycles. The predicted octanol–water partition coefficient (Wildman–Crippen LogP) is 2.19. The molecular weight excluding hydrogens is 254 g/mol. The average molecular weight is 266 g/mol. The number of hydrogen-bond acceptors (Lipinski definition) is 2. The van der Waals surface area contributed by atoms with Gasteiger partial charge in [0.25, 0.3) is 0 Å². The molecule has 1 aromatic heterocycles. The highest BCUT2D eigenvalue weighted by Crippen LogP contribution is 2.18. The number of rotatable bonds is 3. The van der Waals surface area contributed by atoms with Gasteiger partial charge in [-0.25, -0.2) is 0 Å². The Kier molecular flexibility index (Phi) is 3.18. The summed E-state index contributed by atoms with van der Waals surface area (Å²) in [5, 5.41) is 4.25. The zero-order valence-corrected chi connectivity index (χ0v) is 9.76. The van der Waals surface area contributed by atoms with Gasteiger partial charge in [0, 0.05) is 12.7 Å². The molecule has 3 nitrogen and oxygen atoms in total. The Morgan fingerprint density at radius 3 is 2.60 bits per heavy atom. The molecule has 0 saturated carbocycles. The Morgan fingerprint density at radius 2 is 2.07 bits per heavy atom. The fraction of sp³-hybridized carbons (Fsp3) is 0.182. The third kappa shape index (κ3) is 2.27. The first-order valence-corrected chi connectivity index (χ1v) is 5.55. The molecule has 15 heavy (non-hydrogen) atoms. The summed E-state index contributed by atoms with van der Waals surface area (Å²) in [6, 6.07) is 10.3. The summed E-state index contributed by atoms with van der Waals surface area (Å²) in [7, 11) is 0. The molecule has 2 rings (SSSR count). The van der Waals surface area contributed by atoms with Crippen LogP contribution >= 0.6 is 15.9 Å². The maximum absolute atomic E-state index is 5.77. The van der Waals surface area contributed by atoms with Gasteiger partial charge in [-0.05, 0) is 21.5 Å². The monoisotopic (exact) mass is 265 g/mol. The van der Waals surface area contributed by atoms with Crippen LogP contribution in [-0.2, 0) is 0 Å². The highest BCUT2D eigenvalue weighted by atomic mass is 79.9. The van der Waals surface area contributed by atoms with E-state index in [2.05, 4.69) is 33.2 Å². The molecule has 0 aliphatic carbocycles. The second-order valence-corrected chi connectivity index (χ2v) is 4.22. The van der Waals surface area contributed by atoms with Gasteiger partial charge in [-0.15, -0.1) is 0 Å². The maximum atomic E-state index is 5.77. The van der Waals surface area contributed by atoms with Crippen molar-refractivity contribution in [2.75, 3.05) is 6.54 Å². The molecule has 0 radical (unpaired) electrons. The highest BCUT2D eigenvalue weighted by Gasteiger charge is 2.11. The summed E-state index contributed by atoms with van der Waals surface area (Å²) in [5.41, 5.74) is 6.95. The van der Waals surface area contributed by atoms with E-state index >= 15 is 0 Å². The lowest BCUT2D eigenvalue weighted by Crippen LogP contribution is -2.20. The molecule has 1 atom stereocenters. The van der Waals surface area contributed by atoms with E-state index < -0.39 is 0 Å². The van der Waals surface area contributed by atoms with Gasteiger partial charge >= 0.3 is 0 Å². The van der Waals surface area contributed by atoms with Crippen molar-refractivity contribution in [2.24, 2.45) is 5.73 Å². The van der Waals surface area contributed by atoms with Gasteiger partial charge < -0.3 is 5.73 Å². The van der Waals surface area contributed by atoms with Gasteiger partial charge in [0.05, 0.1) is 16.7 Å². The molecule has 0 aliphatic heterocycles. The molecule has 0 aliphatic rings. The average Bonchev–Trinajstić information content (AvgIpc) is 2.68. The van der Waals surface area contributed by atoms with Crippen molar-refractivity contribution < 1.29 is 0 Å². The van der Waals surface area contributed by atoms with Crippen LogP contribution in [0.5, 0.6) is 0 Å². The molecule has 0 saturated heterocycles. The molecule has 78 valence electrons. The zero-order valence-electron chi connectivity index (χ0n) is 8.18. The fourth-order valence-corrected chi connectivity index (χ4v) is 1.86. The Bertz CT molecular complexity index is 424. The van der Waals surface area contributed by atoms with E-state index in [1.807, 2.05) is 29.1 Å². The number of nitrogens with zero attached hydrogens (tertiary/aromatic N) is 2. The first kappa shape index (κ1) is 10.4. The van der Waals surface area contributed by atoms with Crippen molar-refractivity contribution in [2.45, 2.75) is 6.04 Å². The molecule has 4 heteroatoms. The van der Waals surface area contributed by atoms with Crippen LogP contribution in [0.25, 0.3) is 0 Å². The number of halogens is 1. The van der Waals surface area contributed by atoms with E-state index in [1.54, 1.807) is 6.20 Å². The molecule has 1 unspecified atom stereocenters. The van der Waals surface area contributed by atoms with Crippen LogP contribution in [0.15, 0.2) is 47.2 Å². The van der Waals surface area contributed by atoms with Gasteiger partial charge in [0.15, 0.2) is 0 Å². The largest absolute Gasteiger partial charge is 0.328 e. The summed E-state index contributed by atoms with van der Waals surface area (Å²) < 4.78 is 2.84. The van der Waals surface area contributed by atoms with Gasteiger partial charge in [0.1, 0.15) is 0 Å². The molecular formula is C11H12BrN3. The first-order chi connectivity index (χ1) is 7.31. The summed E-state index contributed by atoms with van der Waals surface area (Å²) in [6.07, 6.45) is 3.70. The lowest BCUT2D eigenvalue weighted by atomic mass is 10.1. The highest BCUT2D eigenvalue weighted by molar-refractivity contribution is 9.10. The van der Waals surface area contributed by atoms with Crippen LogP contribution < -0.4 is 5.73 Å². The topological polar surface area (TPSA) is 43.8 Å². The molecule has 0 spiro atoms. The van der Waals surface area contributed by atoms with E-state index in [0.717, 1.165) is 4.47 Å². The molecule has 0 amide bonds. The minimum atomic E-state index is 0.109. The minimum absolute atomic E-state index is 0.109. The van der Waals surface area contributed by atoms with Crippen molar-refractivity contribution in [3.05, 3.63) is 52.8 Å². The molecule has 1 aromatic carbocycles. The third-order valence-electron chi connectivity index (χ3n) is 2.30. The first-order valence-electron chi connectivity index (χ1n) is 4.76. The summed E-state index contributed by atoms with van der Waals surface area (Å²) in [4.78, 5) is 0. The number of benzene rings is 1. The van der Waals surface area contributed by atoms with Crippen LogP contribution in [0.2, 0.25) is 0 Å². The maximum Gasteiger partial charge on any atom is 0.0891 e. The molecule has 2 aromatic rings. The van der Waals surface area contributed by atoms with E-state index in [9.17, 15) is 0 Å². The second kappa shape index (κ2) is 4.59. The minimum Gasteiger partial charge on any atom is -0.328 e. The van der Waals surface area contributed by atoms with Crippen LogP contribution in [0.3, 0.4) is 0 Å². The van der Waals surface area contributed by atoms with Gasteiger partial charge in [0.2, 0.25) is 0 Å². The summed E-state index contributed by atoms with van der Waals surface area (Å²) >= 11 is 3.38. The second-order valence-electron chi connectivity index (χ2n) is 3.30. The van der Waals surface area contributed by atoms with Gasteiger partial charge in [-0.2, -0.15) is 5.10 Å². The van der Waals surface area contributed by atoms with E-state index in [1.165, 1.54) is 5.56 Å². The normalized spacial score (nSPS) is 12.7. The van der Waals surface area contributed by atoms with Gasteiger partial charge in [-0.3, -0.25) is 4.68 Å². The zero-order chi connectivity index (χ0) is 10.7. The smallest absolute Gasteiger partial charge is 0.0891 e.